The molecule has 0 atom stereocenters. The molecule has 0 aliphatic rings. The van der Waals surface area contributed by atoms with Gasteiger partial charge in [-0.15, -0.1) is 22.7 Å². The van der Waals surface area contributed by atoms with E-state index >= 15 is 0 Å². The molecule has 3 nitrogen and oxygen atoms in total. The second-order valence-electron chi connectivity index (χ2n) is 3.19. The SMILES string of the molecule is CC(=O)c1ccc(-c2ccc(C(=O)O)s2)s1. The van der Waals surface area contributed by atoms with Crippen LogP contribution in [0.4, 0.5) is 0 Å². The van der Waals surface area contributed by atoms with Crippen molar-refractivity contribution in [3.63, 3.8) is 0 Å². The van der Waals surface area contributed by atoms with Gasteiger partial charge in [-0.3, -0.25) is 4.79 Å². The third kappa shape index (κ3) is 2.05. The van der Waals surface area contributed by atoms with E-state index in [1.165, 1.54) is 29.6 Å². The molecule has 2 aromatic heterocycles. The van der Waals surface area contributed by atoms with Crippen LogP contribution in [0.1, 0.15) is 26.3 Å². The summed E-state index contributed by atoms with van der Waals surface area (Å²) in [4.78, 5) is 24.7. The molecule has 0 amide bonds. The molecular weight excluding hydrogens is 244 g/mol. The number of carboxylic acids is 1. The van der Waals surface area contributed by atoms with Crippen LogP contribution in [0.25, 0.3) is 9.75 Å². The maximum atomic E-state index is 11.1. The van der Waals surface area contributed by atoms with Gasteiger partial charge in [0.1, 0.15) is 4.88 Å². The summed E-state index contributed by atoms with van der Waals surface area (Å²) < 4.78 is 0. The van der Waals surface area contributed by atoms with Crippen molar-refractivity contribution in [2.45, 2.75) is 6.92 Å². The van der Waals surface area contributed by atoms with E-state index in [4.69, 9.17) is 5.11 Å². The third-order valence-electron chi connectivity index (χ3n) is 2.01. The Kier molecular flexibility index (Phi) is 2.89. The zero-order valence-electron chi connectivity index (χ0n) is 8.39. The highest BCUT2D eigenvalue weighted by molar-refractivity contribution is 7.23. The van der Waals surface area contributed by atoms with Gasteiger partial charge in [0.2, 0.25) is 0 Å². The van der Waals surface area contributed by atoms with Crippen LogP contribution in [0.15, 0.2) is 24.3 Å². The molecule has 82 valence electrons. The molecule has 0 aliphatic heterocycles. The Morgan fingerprint density at radius 1 is 1.00 bits per heavy atom. The number of hydrogen-bond acceptors (Lipinski definition) is 4. The van der Waals surface area contributed by atoms with Crippen molar-refractivity contribution in [1.29, 1.82) is 0 Å². The Labute approximate surface area is 100.0 Å². The van der Waals surface area contributed by atoms with Crippen molar-refractivity contribution in [3.05, 3.63) is 34.0 Å². The van der Waals surface area contributed by atoms with Crippen molar-refractivity contribution in [2.24, 2.45) is 0 Å². The van der Waals surface area contributed by atoms with Gasteiger partial charge in [0.05, 0.1) is 4.88 Å². The van der Waals surface area contributed by atoms with E-state index in [0.29, 0.717) is 9.75 Å². The molecule has 0 bridgehead atoms. The molecule has 0 saturated carbocycles. The predicted octanol–water partition coefficient (Wildman–Crippen LogP) is 3.38. The van der Waals surface area contributed by atoms with Crippen LogP contribution in [-0.2, 0) is 0 Å². The van der Waals surface area contributed by atoms with Gasteiger partial charge >= 0.3 is 5.97 Å². The largest absolute Gasteiger partial charge is 0.477 e. The smallest absolute Gasteiger partial charge is 0.345 e. The van der Waals surface area contributed by atoms with Gasteiger partial charge in [0.15, 0.2) is 5.78 Å². The van der Waals surface area contributed by atoms with Crippen molar-refractivity contribution >= 4 is 34.4 Å². The molecule has 2 heterocycles. The average molecular weight is 252 g/mol. The number of aromatic carboxylic acids is 1. The number of hydrogen-bond donors (Lipinski definition) is 1. The van der Waals surface area contributed by atoms with Gasteiger partial charge < -0.3 is 5.11 Å². The number of carbonyl (C=O) groups is 2. The quantitative estimate of drug-likeness (QED) is 0.852. The first-order valence-corrected chi connectivity index (χ1v) is 6.15. The Balaban J connectivity index is 2.35. The summed E-state index contributed by atoms with van der Waals surface area (Å²) in [5, 5.41) is 8.80. The average Bonchev–Trinajstić information content (AvgIpc) is 2.86. The lowest BCUT2D eigenvalue weighted by Crippen LogP contribution is -1.89. The molecule has 0 fully saturated rings. The number of Topliss-reactive ketones (excluding diaryl/α,β-unsaturated/α-hetero) is 1. The van der Waals surface area contributed by atoms with Gasteiger partial charge in [-0.1, -0.05) is 0 Å². The van der Waals surface area contributed by atoms with Gasteiger partial charge in [0.25, 0.3) is 0 Å². The van der Waals surface area contributed by atoms with Crippen molar-refractivity contribution < 1.29 is 14.7 Å². The lowest BCUT2D eigenvalue weighted by Gasteiger charge is -1.88. The van der Waals surface area contributed by atoms with Crippen LogP contribution in [0.2, 0.25) is 0 Å². The summed E-state index contributed by atoms with van der Waals surface area (Å²) in [6.07, 6.45) is 0. The maximum absolute atomic E-state index is 11.1. The molecule has 0 aromatic carbocycles. The van der Waals surface area contributed by atoms with Crippen molar-refractivity contribution in [3.8, 4) is 9.75 Å². The van der Waals surface area contributed by atoms with E-state index < -0.39 is 5.97 Å². The van der Waals surface area contributed by atoms with Crippen LogP contribution < -0.4 is 0 Å². The molecule has 0 saturated heterocycles. The molecule has 16 heavy (non-hydrogen) atoms. The minimum atomic E-state index is -0.917. The topological polar surface area (TPSA) is 54.4 Å². The lowest BCUT2D eigenvalue weighted by atomic mass is 10.3. The normalized spacial score (nSPS) is 10.3. The monoisotopic (exact) mass is 252 g/mol. The Morgan fingerprint density at radius 3 is 1.88 bits per heavy atom. The molecular formula is C11H8O3S2. The van der Waals surface area contributed by atoms with Gasteiger partial charge in [-0.2, -0.15) is 0 Å². The Bertz CT molecular complexity index is 501. The minimum Gasteiger partial charge on any atom is -0.477 e. The zero-order valence-corrected chi connectivity index (χ0v) is 10.0. The fourth-order valence-electron chi connectivity index (χ4n) is 1.24. The van der Waals surface area contributed by atoms with E-state index in [0.717, 1.165) is 9.75 Å². The molecule has 5 heteroatoms. The molecule has 1 N–H and O–H groups in total. The summed E-state index contributed by atoms with van der Waals surface area (Å²) in [6, 6.07) is 6.96. The Morgan fingerprint density at radius 2 is 1.50 bits per heavy atom. The molecule has 2 aromatic rings. The number of carboxylic acid groups (broad SMARTS) is 1. The first-order chi connectivity index (χ1) is 7.58. The minimum absolute atomic E-state index is 0.0336. The second-order valence-corrected chi connectivity index (χ2v) is 5.36. The van der Waals surface area contributed by atoms with E-state index in [9.17, 15) is 9.59 Å². The summed E-state index contributed by atoms with van der Waals surface area (Å²) in [6.45, 7) is 1.52. The second kappa shape index (κ2) is 4.19. The third-order valence-corrected chi connectivity index (χ3v) is 4.47. The summed E-state index contributed by atoms with van der Waals surface area (Å²) in [7, 11) is 0. The van der Waals surface area contributed by atoms with Gasteiger partial charge in [-0.05, 0) is 31.2 Å². The maximum Gasteiger partial charge on any atom is 0.345 e. The highest BCUT2D eigenvalue weighted by Crippen LogP contribution is 2.33. The molecule has 0 spiro atoms. The van der Waals surface area contributed by atoms with Crippen LogP contribution in [0.5, 0.6) is 0 Å². The van der Waals surface area contributed by atoms with Crippen LogP contribution in [0, 0.1) is 0 Å². The summed E-state index contributed by atoms with van der Waals surface area (Å²) in [5.74, 6) is -0.883. The van der Waals surface area contributed by atoms with Gasteiger partial charge in [-0.25, -0.2) is 4.79 Å². The van der Waals surface area contributed by atoms with Crippen LogP contribution >= 0.6 is 22.7 Å². The number of ketones is 1. The fourth-order valence-corrected chi connectivity index (χ4v) is 3.08. The van der Waals surface area contributed by atoms with E-state index in [-0.39, 0.29) is 5.78 Å². The van der Waals surface area contributed by atoms with Crippen molar-refractivity contribution in [2.75, 3.05) is 0 Å². The van der Waals surface area contributed by atoms with E-state index in [1.54, 1.807) is 18.2 Å². The predicted molar refractivity (Wildman–Crippen MR) is 64.6 cm³/mol. The van der Waals surface area contributed by atoms with Crippen LogP contribution in [-0.4, -0.2) is 16.9 Å². The first kappa shape index (κ1) is 11.0. The standard InChI is InChI=1S/C11H8O3S2/c1-6(12)7-2-3-8(15-7)9-4-5-10(16-9)11(13)14/h2-5H,1H3,(H,13,14). The highest BCUT2D eigenvalue weighted by Gasteiger charge is 2.11. The molecule has 0 radical (unpaired) electrons. The van der Waals surface area contributed by atoms with E-state index in [2.05, 4.69) is 0 Å². The molecule has 0 aliphatic carbocycles. The molecule has 0 unspecified atom stereocenters. The fraction of sp³-hybridized carbons (Fsp3) is 0.0909. The van der Waals surface area contributed by atoms with E-state index in [1.807, 2.05) is 6.07 Å². The van der Waals surface area contributed by atoms with Crippen LogP contribution in [0.3, 0.4) is 0 Å². The summed E-state index contributed by atoms with van der Waals surface area (Å²) >= 11 is 2.61. The molecule has 2 rings (SSSR count). The Hall–Kier alpha value is -1.46. The summed E-state index contributed by atoms with van der Waals surface area (Å²) in [5.41, 5.74) is 0. The first-order valence-electron chi connectivity index (χ1n) is 4.52. The number of carbonyl (C=O) groups excluding carboxylic acids is 1. The lowest BCUT2D eigenvalue weighted by molar-refractivity contribution is 0.0702. The van der Waals surface area contributed by atoms with Crippen molar-refractivity contribution in [1.82, 2.24) is 0 Å². The van der Waals surface area contributed by atoms with Gasteiger partial charge in [0, 0.05) is 9.75 Å². The number of thiophene rings is 2. The zero-order chi connectivity index (χ0) is 11.7. The number of rotatable bonds is 3. The highest BCUT2D eigenvalue weighted by atomic mass is 32.1.